The monoisotopic (exact) mass is 256 g/mol. The Balaban J connectivity index is 0. The third-order valence-corrected chi connectivity index (χ3v) is 1.88. The van der Waals surface area contributed by atoms with E-state index < -0.39 is 0 Å². The lowest BCUT2D eigenvalue weighted by Gasteiger charge is -2.16. The fourth-order valence-electron chi connectivity index (χ4n) is 0.975. The Morgan fingerprint density at radius 2 is 1.06 bits per heavy atom. The molecule has 0 rings (SSSR count). The average Bonchev–Trinajstić information content (AvgIpc) is 2.09. The van der Waals surface area contributed by atoms with Crippen molar-refractivity contribution in [2.75, 3.05) is 13.1 Å². The maximum absolute atomic E-state index is 5.81. The van der Waals surface area contributed by atoms with Crippen LogP contribution < -0.4 is 11.5 Å². The van der Waals surface area contributed by atoms with Gasteiger partial charge >= 0.3 is 0 Å². The van der Waals surface area contributed by atoms with Gasteiger partial charge in [-0.3, -0.25) is 9.98 Å². The van der Waals surface area contributed by atoms with Gasteiger partial charge in [0.05, 0.1) is 6.42 Å². The number of nitrogens with zero attached hydrogens (tertiary/aromatic N) is 2. The van der Waals surface area contributed by atoms with Gasteiger partial charge in [0.25, 0.3) is 0 Å². The summed E-state index contributed by atoms with van der Waals surface area (Å²) in [5.74, 6) is 1.13. The van der Waals surface area contributed by atoms with E-state index in [9.17, 15) is 0 Å². The Morgan fingerprint density at radius 3 is 1.28 bits per heavy atom. The van der Waals surface area contributed by atoms with Crippen molar-refractivity contribution < 1.29 is 0 Å². The molecule has 0 fully saturated rings. The molecule has 4 heteroatoms. The van der Waals surface area contributed by atoms with E-state index in [1.165, 1.54) is 0 Å². The van der Waals surface area contributed by atoms with Gasteiger partial charge in [-0.1, -0.05) is 49.0 Å². The van der Waals surface area contributed by atoms with Gasteiger partial charge in [0, 0.05) is 13.1 Å². The molecule has 0 saturated heterocycles. The van der Waals surface area contributed by atoms with Crippen molar-refractivity contribution in [3.05, 3.63) is 0 Å². The number of hydrogen-bond donors (Lipinski definition) is 2. The highest BCUT2D eigenvalue weighted by Crippen LogP contribution is 2.13. The van der Waals surface area contributed by atoms with Crippen LogP contribution in [-0.2, 0) is 0 Å². The van der Waals surface area contributed by atoms with E-state index in [2.05, 4.69) is 51.5 Å². The first-order chi connectivity index (χ1) is 7.49. The van der Waals surface area contributed by atoms with E-state index in [1.807, 2.05) is 0 Å². The molecule has 0 aliphatic rings. The van der Waals surface area contributed by atoms with Gasteiger partial charge in [-0.2, -0.15) is 0 Å². The third-order valence-electron chi connectivity index (χ3n) is 1.88. The van der Waals surface area contributed by atoms with Crippen molar-refractivity contribution in [1.82, 2.24) is 0 Å². The molecule has 0 heterocycles. The molecule has 18 heavy (non-hydrogen) atoms. The first-order valence-electron chi connectivity index (χ1n) is 6.07. The highest BCUT2D eigenvalue weighted by molar-refractivity contribution is 6.00. The molecule has 0 radical (unpaired) electrons. The van der Waals surface area contributed by atoms with E-state index in [1.54, 1.807) is 0 Å². The molecule has 0 atom stereocenters. The maximum Gasteiger partial charge on any atom is 0.101 e. The average molecular weight is 256 g/mol. The van der Waals surface area contributed by atoms with Crippen molar-refractivity contribution in [3.63, 3.8) is 0 Å². The SMILES string of the molecule is C.CC(C)(C)CN=C(N)CC(N)=NCC(C)(C)C. The summed E-state index contributed by atoms with van der Waals surface area (Å²) in [5, 5.41) is 0. The quantitative estimate of drug-likeness (QED) is 0.599. The lowest BCUT2D eigenvalue weighted by molar-refractivity contribution is 0.428. The van der Waals surface area contributed by atoms with Gasteiger partial charge < -0.3 is 11.5 Å². The molecule has 0 aromatic heterocycles. The van der Waals surface area contributed by atoms with Gasteiger partial charge in [0.1, 0.15) is 11.7 Å². The Kier molecular flexibility index (Phi) is 7.92. The van der Waals surface area contributed by atoms with E-state index in [4.69, 9.17) is 11.5 Å². The first-order valence-corrected chi connectivity index (χ1v) is 6.07. The summed E-state index contributed by atoms with van der Waals surface area (Å²) in [6.07, 6.45) is 0.464. The molecule has 4 N–H and O–H groups in total. The molecule has 4 nitrogen and oxygen atoms in total. The topological polar surface area (TPSA) is 76.8 Å². The molecular formula is C14H32N4. The van der Waals surface area contributed by atoms with Gasteiger partial charge in [-0.25, -0.2) is 0 Å². The second-order valence-electron chi connectivity index (χ2n) is 6.91. The second-order valence-corrected chi connectivity index (χ2v) is 6.91. The zero-order valence-corrected chi connectivity index (χ0v) is 12.2. The van der Waals surface area contributed by atoms with Gasteiger partial charge in [-0.05, 0) is 10.8 Å². The van der Waals surface area contributed by atoms with Crippen LogP contribution in [0.4, 0.5) is 0 Å². The molecule has 0 unspecified atom stereocenters. The van der Waals surface area contributed by atoms with E-state index in [-0.39, 0.29) is 18.3 Å². The van der Waals surface area contributed by atoms with Crippen LogP contribution in [-0.4, -0.2) is 24.8 Å². The van der Waals surface area contributed by atoms with Crippen molar-refractivity contribution in [2.45, 2.75) is 55.4 Å². The molecule has 0 amide bonds. The molecule has 0 aliphatic carbocycles. The normalized spacial score (nSPS) is 14.3. The molecular weight excluding hydrogens is 224 g/mol. The minimum Gasteiger partial charge on any atom is -0.387 e. The lowest BCUT2D eigenvalue weighted by atomic mass is 9.97. The Bertz CT molecular complexity index is 260. The predicted octanol–water partition coefficient (Wildman–Crippen LogP) is 2.82. The minimum atomic E-state index is 0. The van der Waals surface area contributed by atoms with Crippen LogP contribution in [0.5, 0.6) is 0 Å². The van der Waals surface area contributed by atoms with Crippen LogP contribution in [0.1, 0.15) is 55.4 Å². The highest BCUT2D eigenvalue weighted by Gasteiger charge is 2.10. The van der Waals surface area contributed by atoms with Crippen molar-refractivity contribution in [2.24, 2.45) is 32.3 Å². The van der Waals surface area contributed by atoms with Crippen LogP contribution in [0.15, 0.2) is 9.98 Å². The van der Waals surface area contributed by atoms with Crippen LogP contribution >= 0.6 is 0 Å². The summed E-state index contributed by atoms with van der Waals surface area (Å²) in [6.45, 7) is 14.2. The summed E-state index contributed by atoms with van der Waals surface area (Å²) in [5.41, 5.74) is 11.9. The first kappa shape index (κ1) is 19.3. The maximum atomic E-state index is 5.81. The largest absolute Gasteiger partial charge is 0.387 e. The fourth-order valence-corrected chi connectivity index (χ4v) is 0.975. The lowest BCUT2D eigenvalue weighted by Crippen LogP contribution is -2.25. The van der Waals surface area contributed by atoms with Crippen molar-refractivity contribution in [1.29, 1.82) is 0 Å². The van der Waals surface area contributed by atoms with Crippen LogP contribution in [0, 0.1) is 10.8 Å². The smallest absolute Gasteiger partial charge is 0.101 e. The number of amidine groups is 2. The molecule has 0 aliphatic heterocycles. The van der Waals surface area contributed by atoms with Crippen molar-refractivity contribution >= 4 is 11.7 Å². The second kappa shape index (κ2) is 7.39. The fraction of sp³-hybridized carbons (Fsp3) is 0.857. The molecule has 108 valence electrons. The number of rotatable bonds is 4. The third kappa shape index (κ3) is 13.0. The summed E-state index contributed by atoms with van der Waals surface area (Å²) >= 11 is 0. The Labute approximate surface area is 113 Å². The Morgan fingerprint density at radius 1 is 0.778 bits per heavy atom. The van der Waals surface area contributed by atoms with Crippen LogP contribution in [0.2, 0.25) is 0 Å². The van der Waals surface area contributed by atoms with Gasteiger partial charge in [-0.15, -0.1) is 0 Å². The summed E-state index contributed by atoms with van der Waals surface area (Å²) in [6, 6.07) is 0. The summed E-state index contributed by atoms with van der Waals surface area (Å²) in [4.78, 5) is 8.63. The Hall–Kier alpha value is -1.06. The molecule has 0 saturated carbocycles. The van der Waals surface area contributed by atoms with E-state index >= 15 is 0 Å². The van der Waals surface area contributed by atoms with E-state index in [0.717, 1.165) is 0 Å². The molecule has 0 aromatic carbocycles. The highest BCUT2D eigenvalue weighted by atomic mass is 14.9. The van der Waals surface area contributed by atoms with Crippen LogP contribution in [0.25, 0.3) is 0 Å². The number of nitrogens with two attached hydrogens (primary N) is 2. The van der Waals surface area contributed by atoms with Crippen LogP contribution in [0.3, 0.4) is 0 Å². The van der Waals surface area contributed by atoms with Gasteiger partial charge in [0.15, 0.2) is 0 Å². The van der Waals surface area contributed by atoms with Crippen molar-refractivity contribution in [3.8, 4) is 0 Å². The molecule has 0 bridgehead atoms. The minimum absolute atomic E-state index is 0. The summed E-state index contributed by atoms with van der Waals surface area (Å²) < 4.78 is 0. The summed E-state index contributed by atoms with van der Waals surface area (Å²) in [7, 11) is 0. The number of hydrogen-bond acceptors (Lipinski definition) is 2. The molecule has 0 spiro atoms. The zero-order valence-electron chi connectivity index (χ0n) is 12.2. The predicted molar refractivity (Wildman–Crippen MR) is 83.2 cm³/mol. The van der Waals surface area contributed by atoms with E-state index in [0.29, 0.717) is 31.2 Å². The zero-order chi connectivity index (χ0) is 13.7. The molecule has 0 aromatic rings. The number of aliphatic imine (C=N–C) groups is 2. The standard InChI is InChI=1S/C13H28N4.CH4/c1-12(2,3)8-16-10(14)7-11(15)17-9-13(4,5)6;/h7-9H2,1-6H3,(H2,14,16)(H2,15,17);1H4. The van der Waals surface area contributed by atoms with Gasteiger partial charge in [0.2, 0.25) is 0 Å².